The summed E-state index contributed by atoms with van der Waals surface area (Å²) in [6, 6.07) is 0. The summed E-state index contributed by atoms with van der Waals surface area (Å²) in [6.45, 7) is 2.74. The molecule has 0 radical (unpaired) electrons. The lowest BCUT2D eigenvalue weighted by Crippen LogP contribution is -2.47. The molecule has 1 rings (SSSR count). The lowest BCUT2D eigenvalue weighted by Gasteiger charge is -2.30. The van der Waals surface area contributed by atoms with Gasteiger partial charge in [-0.15, -0.1) is 0 Å². The van der Waals surface area contributed by atoms with Crippen molar-refractivity contribution in [1.82, 2.24) is 9.03 Å². The van der Waals surface area contributed by atoms with Crippen molar-refractivity contribution in [3.63, 3.8) is 0 Å². The number of hydrogen-bond donors (Lipinski definition) is 1. The molecule has 1 heterocycles. The maximum Gasteiger partial charge on any atom is 0.309 e. The zero-order valence-electron chi connectivity index (χ0n) is 9.60. The van der Waals surface area contributed by atoms with Crippen LogP contribution in [0.1, 0.15) is 19.8 Å². The van der Waals surface area contributed by atoms with Gasteiger partial charge in [0.1, 0.15) is 0 Å². The third kappa shape index (κ3) is 3.16. The molecule has 1 N–H and O–H groups in total. The summed E-state index contributed by atoms with van der Waals surface area (Å²) in [4.78, 5) is 11.3. The number of hydrogen-bond acceptors (Lipinski definition) is 4. The van der Waals surface area contributed by atoms with Crippen LogP contribution in [-0.4, -0.2) is 45.4 Å². The molecular formula is C9H18N2O4S. The maximum atomic E-state index is 11.7. The maximum absolute atomic E-state index is 11.7. The topological polar surface area (TPSA) is 75.7 Å². The first-order valence-electron chi connectivity index (χ1n) is 5.33. The molecule has 1 aliphatic heterocycles. The first-order valence-corrected chi connectivity index (χ1v) is 6.77. The van der Waals surface area contributed by atoms with E-state index in [1.54, 1.807) is 6.92 Å². The Morgan fingerprint density at radius 1 is 1.56 bits per heavy atom. The smallest absolute Gasteiger partial charge is 0.309 e. The molecular weight excluding hydrogens is 232 g/mol. The van der Waals surface area contributed by atoms with E-state index < -0.39 is 10.2 Å². The van der Waals surface area contributed by atoms with Crippen molar-refractivity contribution in [2.45, 2.75) is 19.8 Å². The minimum Gasteiger partial charge on any atom is -0.469 e. The zero-order chi connectivity index (χ0) is 12.2. The molecule has 1 atom stereocenters. The summed E-state index contributed by atoms with van der Waals surface area (Å²) in [5.41, 5.74) is 0. The van der Waals surface area contributed by atoms with Crippen LogP contribution in [0.5, 0.6) is 0 Å². The van der Waals surface area contributed by atoms with Crippen molar-refractivity contribution in [3.8, 4) is 0 Å². The van der Waals surface area contributed by atoms with Crippen molar-refractivity contribution in [1.29, 1.82) is 0 Å². The third-order valence-corrected chi connectivity index (χ3v) is 4.25. The van der Waals surface area contributed by atoms with E-state index in [2.05, 4.69) is 9.46 Å². The second kappa shape index (κ2) is 5.60. The van der Waals surface area contributed by atoms with E-state index >= 15 is 0 Å². The Morgan fingerprint density at radius 3 is 2.81 bits per heavy atom. The van der Waals surface area contributed by atoms with Crippen molar-refractivity contribution in [3.05, 3.63) is 0 Å². The highest BCUT2D eigenvalue weighted by Crippen LogP contribution is 2.19. The van der Waals surface area contributed by atoms with Gasteiger partial charge in [0.25, 0.3) is 10.2 Å². The second-order valence-corrected chi connectivity index (χ2v) is 5.48. The van der Waals surface area contributed by atoms with Gasteiger partial charge in [0.2, 0.25) is 0 Å². The highest BCUT2D eigenvalue weighted by Gasteiger charge is 2.32. The van der Waals surface area contributed by atoms with E-state index in [1.165, 1.54) is 11.4 Å². The number of rotatable bonds is 4. The number of piperidine rings is 1. The van der Waals surface area contributed by atoms with Crippen LogP contribution in [0.25, 0.3) is 0 Å². The molecule has 0 aromatic carbocycles. The largest absolute Gasteiger partial charge is 0.469 e. The number of methoxy groups -OCH3 is 1. The van der Waals surface area contributed by atoms with Crippen molar-refractivity contribution in [2.24, 2.45) is 5.92 Å². The van der Waals surface area contributed by atoms with Crippen LogP contribution in [0.3, 0.4) is 0 Å². The van der Waals surface area contributed by atoms with Crippen LogP contribution in [0.4, 0.5) is 0 Å². The molecule has 1 fully saturated rings. The van der Waals surface area contributed by atoms with Crippen molar-refractivity contribution < 1.29 is 17.9 Å². The Labute approximate surface area is 96.1 Å². The van der Waals surface area contributed by atoms with Crippen LogP contribution in [0.2, 0.25) is 0 Å². The third-order valence-electron chi connectivity index (χ3n) is 2.59. The van der Waals surface area contributed by atoms with Crippen LogP contribution in [0, 0.1) is 5.92 Å². The van der Waals surface area contributed by atoms with Gasteiger partial charge >= 0.3 is 5.97 Å². The van der Waals surface area contributed by atoms with E-state index in [1.807, 2.05) is 0 Å². The van der Waals surface area contributed by atoms with Gasteiger partial charge in [-0.3, -0.25) is 4.79 Å². The molecule has 94 valence electrons. The molecule has 0 aromatic heterocycles. The zero-order valence-corrected chi connectivity index (χ0v) is 10.4. The van der Waals surface area contributed by atoms with Gasteiger partial charge in [-0.25, -0.2) is 4.72 Å². The molecule has 6 nitrogen and oxygen atoms in total. The van der Waals surface area contributed by atoms with Crippen LogP contribution in [0.15, 0.2) is 0 Å². The summed E-state index contributed by atoms with van der Waals surface area (Å²) in [5.74, 6) is -0.677. The standard InChI is InChI=1S/C9H18N2O4S/c1-3-10-16(13,14)11-6-4-5-8(7-11)9(12)15-2/h8,10H,3-7H2,1-2H3. The fourth-order valence-corrected chi connectivity index (χ4v) is 3.09. The Balaban J connectivity index is 2.67. The molecule has 0 aromatic rings. The number of nitrogens with one attached hydrogen (secondary N) is 1. The van der Waals surface area contributed by atoms with Gasteiger partial charge < -0.3 is 4.74 Å². The SMILES string of the molecule is CCNS(=O)(=O)N1CCCC(C(=O)OC)C1. The quantitative estimate of drug-likeness (QED) is 0.697. The van der Waals surface area contributed by atoms with Crippen molar-refractivity contribution in [2.75, 3.05) is 26.7 Å². The number of carbonyl (C=O) groups excluding carboxylic acids is 1. The number of ether oxygens (including phenoxy) is 1. The summed E-state index contributed by atoms with van der Waals surface area (Å²) >= 11 is 0. The molecule has 0 bridgehead atoms. The Kier molecular flexibility index (Phi) is 4.69. The molecule has 1 saturated heterocycles. The highest BCUT2D eigenvalue weighted by atomic mass is 32.2. The first-order chi connectivity index (χ1) is 7.51. The molecule has 7 heteroatoms. The van der Waals surface area contributed by atoms with Gasteiger partial charge in [-0.05, 0) is 12.8 Å². The van der Waals surface area contributed by atoms with Gasteiger partial charge in [0.05, 0.1) is 13.0 Å². The van der Waals surface area contributed by atoms with Gasteiger partial charge in [0.15, 0.2) is 0 Å². The van der Waals surface area contributed by atoms with E-state index in [-0.39, 0.29) is 18.4 Å². The Morgan fingerprint density at radius 2 is 2.25 bits per heavy atom. The van der Waals surface area contributed by atoms with E-state index in [0.717, 1.165) is 0 Å². The monoisotopic (exact) mass is 250 g/mol. The highest BCUT2D eigenvalue weighted by molar-refractivity contribution is 7.87. The van der Waals surface area contributed by atoms with Crippen LogP contribution >= 0.6 is 0 Å². The van der Waals surface area contributed by atoms with Gasteiger partial charge in [-0.1, -0.05) is 6.92 Å². The van der Waals surface area contributed by atoms with E-state index in [0.29, 0.717) is 25.9 Å². The average molecular weight is 250 g/mol. The molecule has 1 aliphatic rings. The first kappa shape index (κ1) is 13.4. The van der Waals surface area contributed by atoms with E-state index in [9.17, 15) is 13.2 Å². The predicted octanol–water partition coefficient (Wildman–Crippen LogP) is -0.274. The lowest BCUT2D eigenvalue weighted by atomic mass is 10.0. The fraction of sp³-hybridized carbons (Fsp3) is 0.889. The normalized spacial score (nSPS) is 23.0. The Bertz CT molecular complexity index is 341. The number of nitrogens with zero attached hydrogens (tertiary/aromatic N) is 1. The Hall–Kier alpha value is -0.660. The summed E-state index contributed by atoms with van der Waals surface area (Å²) < 4.78 is 31.8. The molecule has 0 amide bonds. The lowest BCUT2D eigenvalue weighted by molar-refractivity contribution is -0.146. The van der Waals surface area contributed by atoms with Crippen molar-refractivity contribution >= 4 is 16.2 Å². The van der Waals surface area contributed by atoms with Crippen LogP contribution in [-0.2, 0) is 19.7 Å². The molecule has 0 spiro atoms. The number of carbonyl (C=O) groups is 1. The second-order valence-electron chi connectivity index (χ2n) is 3.72. The van der Waals surface area contributed by atoms with Gasteiger partial charge in [0, 0.05) is 19.6 Å². The summed E-state index contributed by atoms with van der Waals surface area (Å²) in [7, 11) is -2.11. The molecule has 16 heavy (non-hydrogen) atoms. The fourth-order valence-electron chi connectivity index (χ4n) is 1.79. The summed E-state index contributed by atoms with van der Waals surface area (Å²) in [6.07, 6.45) is 1.37. The number of esters is 1. The minimum atomic E-state index is -3.43. The van der Waals surface area contributed by atoms with Gasteiger partial charge in [-0.2, -0.15) is 12.7 Å². The predicted molar refractivity (Wildman–Crippen MR) is 58.9 cm³/mol. The molecule has 0 aliphatic carbocycles. The minimum absolute atomic E-state index is 0.210. The summed E-state index contributed by atoms with van der Waals surface area (Å²) in [5, 5.41) is 0. The molecule has 0 saturated carbocycles. The van der Waals surface area contributed by atoms with E-state index in [4.69, 9.17) is 0 Å². The molecule has 1 unspecified atom stereocenters. The van der Waals surface area contributed by atoms with Crippen LogP contribution < -0.4 is 4.72 Å². The average Bonchev–Trinajstić information content (AvgIpc) is 2.28.